The molecule has 0 saturated carbocycles. The Kier molecular flexibility index (Phi) is 4.82. The van der Waals surface area contributed by atoms with Crippen LogP contribution in [0.2, 0.25) is 0 Å². The van der Waals surface area contributed by atoms with Gasteiger partial charge in [0.15, 0.2) is 0 Å². The molecule has 0 radical (unpaired) electrons. The second-order valence-electron chi connectivity index (χ2n) is 5.07. The highest BCUT2D eigenvalue weighted by molar-refractivity contribution is 9.10. The van der Waals surface area contributed by atoms with Crippen molar-refractivity contribution in [2.75, 3.05) is 11.9 Å². The third-order valence-corrected chi connectivity index (χ3v) is 4.22. The first-order chi connectivity index (χ1) is 10.4. The largest absolute Gasteiger partial charge is 0.396 e. The molecule has 1 heterocycles. The van der Waals surface area contributed by atoms with Crippen LogP contribution >= 0.6 is 15.9 Å². The highest BCUT2D eigenvalue weighted by Gasteiger charge is 2.17. The van der Waals surface area contributed by atoms with Gasteiger partial charge in [-0.25, -0.2) is 0 Å². The Morgan fingerprint density at radius 1 is 1.50 bits per heavy atom. The summed E-state index contributed by atoms with van der Waals surface area (Å²) in [6, 6.07) is 4.28. The first-order valence-corrected chi connectivity index (χ1v) is 7.50. The maximum absolute atomic E-state index is 12.3. The molecule has 2 N–H and O–H groups in total. The minimum Gasteiger partial charge on any atom is -0.396 e. The third-order valence-electron chi connectivity index (χ3n) is 3.49. The molecule has 0 amide bonds. The zero-order chi connectivity index (χ0) is 16.4. The van der Waals surface area contributed by atoms with Gasteiger partial charge < -0.3 is 15.0 Å². The molecule has 2 aromatic rings. The van der Waals surface area contributed by atoms with Crippen molar-refractivity contribution in [3.8, 4) is 0 Å². The van der Waals surface area contributed by atoms with E-state index < -0.39 is 4.92 Å². The van der Waals surface area contributed by atoms with E-state index in [0.29, 0.717) is 27.5 Å². The van der Waals surface area contributed by atoms with Crippen molar-refractivity contribution in [1.29, 1.82) is 0 Å². The number of nitro groups is 1. The molecule has 0 bridgehead atoms. The Labute approximate surface area is 134 Å². The van der Waals surface area contributed by atoms with Gasteiger partial charge in [-0.1, -0.05) is 0 Å². The van der Waals surface area contributed by atoms with Crippen molar-refractivity contribution in [3.05, 3.63) is 43.1 Å². The maximum atomic E-state index is 12.3. The molecule has 0 aliphatic carbocycles. The maximum Gasteiger partial charge on any atom is 0.270 e. The van der Waals surface area contributed by atoms with Crippen LogP contribution in [0.25, 0.3) is 10.9 Å². The number of aliphatic hydroxyl groups excluding tert-OH is 1. The molecule has 0 fully saturated rings. The Bertz CT molecular complexity index is 788. The van der Waals surface area contributed by atoms with Crippen molar-refractivity contribution >= 4 is 38.2 Å². The van der Waals surface area contributed by atoms with Gasteiger partial charge in [0.2, 0.25) is 0 Å². The molecule has 2 rings (SSSR count). The highest BCUT2D eigenvalue weighted by Crippen LogP contribution is 2.31. The molecular weight excluding hydrogens is 354 g/mol. The number of aromatic nitrogens is 1. The van der Waals surface area contributed by atoms with E-state index in [-0.39, 0.29) is 23.9 Å². The number of pyridine rings is 1. The first kappa shape index (κ1) is 16.4. The van der Waals surface area contributed by atoms with E-state index in [2.05, 4.69) is 21.2 Å². The topological polar surface area (TPSA) is 97.4 Å². The van der Waals surface area contributed by atoms with Gasteiger partial charge in [0.25, 0.3) is 11.2 Å². The van der Waals surface area contributed by atoms with Crippen molar-refractivity contribution < 1.29 is 10.0 Å². The van der Waals surface area contributed by atoms with Crippen LogP contribution in [0, 0.1) is 10.1 Å². The Hall–Kier alpha value is -1.93. The molecule has 7 nitrogen and oxygen atoms in total. The van der Waals surface area contributed by atoms with Gasteiger partial charge in [0, 0.05) is 37.2 Å². The van der Waals surface area contributed by atoms with Crippen LogP contribution in [-0.4, -0.2) is 27.2 Å². The predicted molar refractivity (Wildman–Crippen MR) is 88.3 cm³/mol. The molecule has 118 valence electrons. The Balaban J connectivity index is 2.72. The summed E-state index contributed by atoms with van der Waals surface area (Å²) in [5.74, 6) is 0. The standard InChI is InChI=1S/C14H16BrN3O4/c1-8(5-6-19)16-13-10-7-9(18(21)22)3-4-11(10)17(2)14(20)12(13)15/h3-4,7-8,16,19H,5-6H2,1-2H3. The number of nitro benzene ring substituents is 1. The fourth-order valence-electron chi connectivity index (χ4n) is 2.27. The summed E-state index contributed by atoms with van der Waals surface area (Å²) < 4.78 is 1.75. The van der Waals surface area contributed by atoms with Crippen LogP contribution in [0.15, 0.2) is 27.5 Å². The Morgan fingerprint density at radius 3 is 2.77 bits per heavy atom. The fraction of sp³-hybridized carbons (Fsp3) is 0.357. The summed E-state index contributed by atoms with van der Waals surface area (Å²) in [6.07, 6.45) is 0.498. The minimum absolute atomic E-state index is 0.00864. The van der Waals surface area contributed by atoms with Crippen LogP contribution < -0.4 is 10.9 Å². The van der Waals surface area contributed by atoms with Gasteiger partial charge in [0.1, 0.15) is 4.47 Å². The lowest BCUT2D eigenvalue weighted by atomic mass is 10.1. The van der Waals surface area contributed by atoms with Crippen LogP contribution in [0.3, 0.4) is 0 Å². The van der Waals surface area contributed by atoms with Crippen molar-refractivity contribution in [3.63, 3.8) is 0 Å². The summed E-state index contributed by atoms with van der Waals surface area (Å²) >= 11 is 3.27. The molecule has 1 aromatic carbocycles. The molecule has 0 aliphatic heterocycles. The van der Waals surface area contributed by atoms with E-state index in [0.717, 1.165) is 0 Å². The van der Waals surface area contributed by atoms with Gasteiger partial charge in [0.05, 0.1) is 16.1 Å². The average Bonchev–Trinajstić information content (AvgIpc) is 2.49. The van der Waals surface area contributed by atoms with Crippen molar-refractivity contribution in [2.24, 2.45) is 7.05 Å². The Morgan fingerprint density at radius 2 is 2.18 bits per heavy atom. The molecule has 0 spiro atoms. The number of aliphatic hydroxyl groups is 1. The number of hydrogen-bond acceptors (Lipinski definition) is 5. The van der Waals surface area contributed by atoms with Crippen molar-refractivity contribution in [2.45, 2.75) is 19.4 Å². The van der Waals surface area contributed by atoms with Gasteiger partial charge >= 0.3 is 0 Å². The van der Waals surface area contributed by atoms with Gasteiger partial charge in [-0.05, 0) is 35.3 Å². The van der Waals surface area contributed by atoms with Crippen LogP contribution in [-0.2, 0) is 7.05 Å². The molecule has 0 aliphatic rings. The van der Waals surface area contributed by atoms with E-state index in [1.807, 2.05) is 6.92 Å². The van der Waals surface area contributed by atoms with E-state index in [1.54, 1.807) is 13.1 Å². The number of nitrogens with one attached hydrogen (secondary N) is 1. The molecule has 22 heavy (non-hydrogen) atoms. The van der Waals surface area contributed by atoms with Crippen LogP contribution in [0.5, 0.6) is 0 Å². The van der Waals surface area contributed by atoms with Crippen LogP contribution in [0.4, 0.5) is 11.4 Å². The minimum atomic E-state index is -0.473. The van der Waals surface area contributed by atoms with Crippen LogP contribution in [0.1, 0.15) is 13.3 Å². The number of anilines is 1. The molecular formula is C14H16BrN3O4. The van der Waals surface area contributed by atoms with Gasteiger partial charge in [-0.2, -0.15) is 0 Å². The summed E-state index contributed by atoms with van der Waals surface area (Å²) in [4.78, 5) is 22.8. The molecule has 1 aromatic heterocycles. The number of nitrogens with zero attached hydrogens (tertiary/aromatic N) is 2. The number of fused-ring (bicyclic) bond motifs is 1. The number of non-ortho nitro benzene ring substituents is 1. The molecule has 8 heteroatoms. The third kappa shape index (κ3) is 2.97. The second-order valence-corrected chi connectivity index (χ2v) is 5.86. The summed E-state index contributed by atoms with van der Waals surface area (Å²) in [5.41, 5.74) is 0.816. The lowest BCUT2D eigenvalue weighted by Gasteiger charge is -2.18. The van der Waals surface area contributed by atoms with Gasteiger partial charge in [-0.15, -0.1) is 0 Å². The SMILES string of the molecule is CC(CCO)Nc1c(Br)c(=O)n(C)c2ccc([N+](=O)[O-])cc12. The number of hydrogen-bond donors (Lipinski definition) is 2. The summed E-state index contributed by atoms with van der Waals surface area (Å²) in [7, 11) is 1.61. The highest BCUT2D eigenvalue weighted by atomic mass is 79.9. The molecule has 1 atom stereocenters. The fourth-order valence-corrected chi connectivity index (χ4v) is 2.86. The smallest absolute Gasteiger partial charge is 0.270 e. The summed E-state index contributed by atoms with van der Waals surface area (Å²) in [5, 5.41) is 23.7. The number of benzene rings is 1. The zero-order valence-electron chi connectivity index (χ0n) is 12.2. The number of halogens is 1. The molecule has 1 unspecified atom stereocenters. The lowest BCUT2D eigenvalue weighted by Crippen LogP contribution is -2.23. The van der Waals surface area contributed by atoms with Gasteiger partial charge in [-0.3, -0.25) is 14.9 Å². The lowest BCUT2D eigenvalue weighted by molar-refractivity contribution is -0.384. The van der Waals surface area contributed by atoms with Crippen molar-refractivity contribution in [1.82, 2.24) is 4.57 Å². The predicted octanol–water partition coefficient (Wildman–Crippen LogP) is 2.39. The second kappa shape index (κ2) is 6.45. The number of rotatable bonds is 5. The normalized spacial score (nSPS) is 12.4. The molecule has 0 saturated heterocycles. The average molecular weight is 370 g/mol. The number of aryl methyl sites for hydroxylation is 1. The monoisotopic (exact) mass is 369 g/mol. The van der Waals surface area contributed by atoms with E-state index in [4.69, 9.17) is 5.11 Å². The quantitative estimate of drug-likeness (QED) is 0.622. The zero-order valence-corrected chi connectivity index (χ0v) is 13.8. The summed E-state index contributed by atoms with van der Waals surface area (Å²) in [6.45, 7) is 1.87. The first-order valence-electron chi connectivity index (χ1n) is 6.70. The van der Waals surface area contributed by atoms with E-state index in [9.17, 15) is 14.9 Å². The van der Waals surface area contributed by atoms with E-state index in [1.165, 1.54) is 16.7 Å². The van der Waals surface area contributed by atoms with E-state index >= 15 is 0 Å².